The monoisotopic (exact) mass is 392 g/mol. The van der Waals surface area contributed by atoms with Crippen molar-refractivity contribution in [3.05, 3.63) is 16.7 Å². The number of ether oxygens (including phenoxy) is 1. The number of rotatable bonds is 4. The molecule has 3 heterocycles. The highest BCUT2D eigenvalue weighted by Crippen LogP contribution is 2.39. The number of anilines is 1. The van der Waals surface area contributed by atoms with E-state index in [0.29, 0.717) is 6.26 Å². The van der Waals surface area contributed by atoms with Gasteiger partial charge in [-0.2, -0.15) is 18.0 Å². The summed E-state index contributed by atoms with van der Waals surface area (Å²) in [7, 11) is -2.68. The van der Waals surface area contributed by atoms with Gasteiger partial charge in [0.25, 0.3) is 21.3 Å². The van der Waals surface area contributed by atoms with Gasteiger partial charge in [-0.15, -0.1) is 0 Å². The van der Waals surface area contributed by atoms with Gasteiger partial charge in [0.15, 0.2) is 6.10 Å². The Kier molecular flexibility index (Phi) is 4.29. The molecule has 0 radical (unpaired) electrons. The highest BCUT2D eigenvalue weighted by atomic mass is 32.2. The molecule has 4 atom stereocenters. The smallest absolute Gasteiger partial charge is 0.304 e. The molecule has 1 fully saturated rings. The maximum Gasteiger partial charge on any atom is 0.304 e. The van der Waals surface area contributed by atoms with Gasteiger partial charge in [0.05, 0.1) is 19.9 Å². The number of H-pyrrole nitrogens is 1. The molecule has 0 bridgehead atoms. The minimum atomic E-state index is -4.20. The number of aromatic nitrogens is 4. The van der Waals surface area contributed by atoms with Gasteiger partial charge in [-0.25, -0.2) is 8.75 Å². The number of imidazole rings is 1. The maximum atomic E-state index is 12.1. The molecular weight excluding hydrogens is 374 g/mol. The van der Waals surface area contributed by atoms with Gasteiger partial charge >= 0.3 is 5.56 Å². The predicted octanol–water partition coefficient (Wildman–Crippen LogP) is -3.95. The summed E-state index contributed by atoms with van der Waals surface area (Å²) in [6, 6.07) is 0. The minimum absolute atomic E-state index is 0.0121. The maximum absolute atomic E-state index is 12.1. The van der Waals surface area contributed by atoms with Gasteiger partial charge in [0.2, 0.25) is 24.3 Å². The van der Waals surface area contributed by atoms with Gasteiger partial charge < -0.3 is 25.8 Å². The van der Waals surface area contributed by atoms with Crippen molar-refractivity contribution in [2.45, 2.75) is 24.2 Å². The van der Waals surface area contributed by atoms with Crippen LogP contribution >= 0.6 is 0 Å². The molecule has 26 heavy (non-hydrogen) atoms. The number of aliphatic hydroxyl groups is 3. The molecular formula is C12H18N5O8S+. The zero-order chi connectivity index (χ0) is 19.4. The topological polar surface area (TPSA) is 194 Å². The van der Waals surface area contributed by atoms with Crippen LogP contribution in [0.1, 0.15) is 6.23 Å². The Hall–Kier alpha value is -2.10. The predicted molar refractivity (Wildman–Crippen MR) is 83.8 cm³/mol. The third kappa shape index (κ3) is 2.85. The molecule has 0 aromatic carbocycles. The van der Waals surface area contributed by atoms with E-state index in [2.05, 4.69) is 14.2 Å². The second-order valence-corrected chi connectivity index (χ2v) is 7.51. The third-order valence-corrected chi connectivity index (χ3v) is 4.54. The zero-order valence-electron chi connectivity index (χ0n) is 13.7. The SMILES string of the molecule is C[n+]1cn([C@@H]2O[C@H](CO)[C@](O)(OS(C)(=O)=O)[C@H]2O)c2nc(N)[nH]c(=O)c21. The molecule has 3 rings (SSSR count). The van der Waals surface area contributed by atoms with E-state index in [0.717, 1.165) is 0 Å². The van der Waals surface area contributed by atoms with Crippen molar-refractivity contribution in [3.63, 3.8) is 0 Å². The molecule has 0 aliphatic carbocycles. The summed E-state index contributed by atoms with van der Waals surface area (Å²) in [6.07, 6.45) is -2.93. The number of hydrogen-bond donors (Lipinski definition) is 5. The van der Waals surface area contributed by atoms with E-state index in [-0.39, 0.29) is 17.1 Å². The first-order valence-electron chi connectivity index (χ1n) is 7.31. The summed E-state index contributed by atoms with van der Waals surface area (Å²) < 4.78 is 35.4. The Morgan fingerprint density at radius 3 is 2.81 bits per heavy atom. The molecule has 0 saturated carbocycles. The summed E-state index contributed by atoms with van der Waals surface area (Å²) in [5.74, 6) is -2.94. The second kappa shape index (κ2) is 5.97. The van der Waals surface area contributed by atoms with Crippen molar-refractivity contribution < 1.29 is 37.2 Å². The number of aryl methyl sites for hydroxylation is 1. The van der Waals surface area contributed by atoms with Crippen LogP contribution in [0.4, 0.5) is 5.95 Å². The summed E-state index contributed by atoms with van der Waals surface area (Å²) in [6.45, 7) is -0.846. The highest BCUT2D eigenvalue weighted by Gasteiger charge is 2.61. The molecule has 0 amide bonds. The van der Waals surface area contributed by atoms with Gasteiger partial charge in [-0.05, 0) is 0 Å². The molecule has 13 nitrogen and oxygen atoms in total. The molecule has 2 aromatic rings. The van der Waals surface area contributed by atoms with E-state index in [1.54, 1.807) is 0 Å². The lowest BCUT2D eigenvalue weighted by Gasteiger charge is -2.27. The molecule has 14 heteroatoms. The Morgan fingerprint density at radius 1 is 1.58 bits per heavy atom. The summed E-state index contributed by atoms with van der Waals surface area (Å²) >= 11 is 0. The molecule has 2 aromatic heterocycles. The van der Waals surface area contributed by atoms with E-state index in [1.165, 1.54) is 22.5 Å². The van der Waals surface area contributed by atoms with E-state index >= 15 is 0 Å². The number of fused-ring (bicyclic) bond motifs is 1. The second-order valence-electron chi connectivity index (χ2n) is 5.94. The van der Waals surface area contributed by atoms with Crippen molar-refractivity contribution >= 4 is 27.2 Å². The number of hydrogen-bond acceptors (Lipinski definition) is 10. The normalized spacial score (nSPS) is 29.5. The van der Waals surface area contributed by atoms with Gasteiger partial charge in [-0.1, -0.05) is 0 Å². The largest absolute Gasteiger partial charge is 0.393 e. The van der Waals surface area contributed by atoms with Crippen molar-refractivity contribution in [1.29, 1.82) is 0 Å². The molecule has 1 aliphatic rings. The first kappa shape index (κ1) is 18.7. The van der Waals surface area contributed by atoms with Crippen LogP contribution in [0, 0.1) is 0 Å². The molecule has 1 saturated heterocycles. The number of aliphatic hydroxyl groups excluding tert-OH is 2. The lowest BCUT2D eigenvalue weighted by Crippen LogP contribution is -2.52. The Labute approximate surface area is 146 Å². The Bertz CT molecular complexity index is 1020. The molecule has 0 spiro atoms. The molecule has 1 aliphatic heterocycles. The number of nitrogen functional groups attached to an aromatic ring is 1. The van der Waals surface area contributed by atoms with E-state index in [4.69, 9.17) is 10.5 Å². The van der Waals surface area contributed by atoms with Crippen molar-refractivity contribution in [1.82, 2.24) is 14.5 Å². The Morgan fingerprint density at radius 2 is 2.23 bits per heavy atom. The van der Waals surface area contributed by atoms with Crippen molar-refractivity contribution in [3.8, 4) is 0 Å². The molecule has 6 N–H and O–H groups in total. The number of nitrogens with zero attached hydrogens (tertiary/aromatic N) is 3. The lowest BCUT2D eigenvalue weighted by atomic mass is 10.1. The van der Waals surface area contributed by atoms with Crippen molar-refractivity contribution in [2.24, 2.45) is 7.05 Å². The third-order valence-electron chi connectivity index (χ3n) is 3.97. The van der Waals surface area contributed by atoms with E-state index in [1.807, 2.05) is 0 Å². The van der Waals surface area contributed by atoms with Crippen molar-refractivity contribution in [2.75, 3.05) is 18.6 Å². The van der Waals surface area contributed by atoms with Crippen LogP contribution < -0.4 is 15.9 Å². The Balaban J connectivity index is 2.14. The summed E-state index contributed by atoms with van der Waals surface area (Å²) in [5, 5.41) is 30.4. The minimum Gasteiger partial charge on any atom is -0.393 e. The quantitative estimate of drug-likeness (QED) is 0.195. The van der Waals surface area contributed by atoms with Crippen LogP contribution in [0.3, 0.4) is 0 Å². The van der Waals surface area contributed by atoms with Crippen LogP contribution in [0.2, 0.25) is 0 Å². The first-order valence-corrected chi connectivity index (χ1v) is 9.13. The van der Waals surface area contributed by atoms with E-state index < -0.39 is 46.5 Å². The first-order chi connectivity index (χ1) is 12.0. The number of nitrogens with two attached hydrogens (primary N) is 1. The van der Waals surface area contributed by atoms with Crippen LogP contribution in [0.25, 0.3) is 11.2 Å². The number of nitrogens with one attached hydrogen (secondary N) is 1. The molecule has 144 valence electrons. The summed E-state index contributed by atoms with van der Waals surface area (Å²) in [5.41, 5.74) is 5.09. The summed E-state index contributed by atoms with van der Waals surface area (Å²) in [4.78, 5) is 18.4. The van der Waals surface area contributed by atoms with E-state index in [9.17, 15) is 28.5 Å². The van der Waals surface area contributed by atoms with Crippen LogP contribution in [-0.2, 0) is 26.1 Å². The van der Waals surface area contributed by atoms with Gasteiger partial charge in [0.1, 0.15) is 6.10 Å². The average Bonchev–Trinajstić information content (AvgIpc) is 2.93. The standard InChI is InChI=1S/C12H17N5O8S/c1-16-4-17(8-6(16)9(20)15-11(13)14-8)10-7(19)12(21,5(3-18)24-10)25-26(2,22)23/h4-5,7,10,18-19,21H,3H2,1-2H3,(H2-,13,14,15,20)/p+1/t5-,7+,10-,12+/m1/s1. The fraction of sp³-hybridized carbons (Fsp3) is 0.583. The molecule has 0 unspecified atom stereocenters. The van der Waals surface area contributed by atoms with Gasteiger partial charge in [0, 0.05) is 0 Å². The van der Waals surface area contributed by atoms with Crippen LogP contribution in [0.5, 0.6) is 0 Å². The highest BCUT2D eigenvalue weighted by molar-refractivity contribution is 7.86. The van der Waals surface area contributed by atoms with Crippen LogP contribution in [-0.4, -0.2) is 69.1 Å². The van der Waals surface area contributed by atoms with Crippen LogP contribution in [0.15, 0.2) is 11.1 Å². The fourth-order valence-corrected chi connectivity index (χ4v) is 3.62. The lowest BCUT2D eigenvalue weighted by molar-refractivity contribution is -0.646. The van der Waals surface area contributed by atoms with Gasteiger partial charge in [-0.3, -0.25) is 9.78 Å². The zero-order valence-corrected chi connectivity index (χ0v) is 14.5. The average molecular weight is 392 g/mol. The number of aromatic amines is 1. The fourth-order valence-electron chi connectivity index (χ4n) is 2.93.